The van der Waals surface area contributed by atoms with Crippen molar-refractivity contribution in [3.05, 3.63) is 0 Å². The summed E-state index contributed by atoms with van der Waals surface area (Å²) in [5.41, 5.74) is 5.74. The Balaban J connectivity index is 2.19. The Labute approximate surface area is 115 Å². The molecule has 1 aliphatic carbocycles. The van der Waals surface area contributed by atoms with Crippen molar-refractivity contribution >= 4 is 11.8 Å². The van der Waals surface area contributed by atoms with E-state index in [1.807, 2.05) is 0 Å². The molecule has 5 nitrogen and oxygen atoms in total. The molecule has 0 aromatic rings. The van der Waals surface area contributed by atoms with Gasteiger partial charge in [-0.25, -0.2) is 0 Å². The van der Waals surface area contributed by atoms with E-state index in [0.29, 0.717) is 19.6 Å². The van der Waals surface area contributed by atoms with Crippen LogP contribution in [0.5, 0.6) is 0 Å². The first-order chi connectivity index (χ1) is 8.83. The van der Waals surface area contributed by atoms with Gasteiger partial charge < -0.3 is 16.4 Å². The molecule has 5 heteroatoms. The zero-order chi connectivity index (χ0) is 14.5. The van der Waals surface area contributed by atoms with Gasteiger partial charge in [0.05, 0.1) is 5.92 Å². The highest BCUT2D eigenvalue weighted by molar-refractivity contribution is 5.81. The maximum atomic E-state index is 11.9. The van der Waals surface area contributed by atoms with Crippen LogP contribution < -0.4 is 16.4 Å². The molecule has 19 heavy (non-hydrogen) atoms. The summed E-state index contributed by atoms with van der Waals surface area (Å²) >= 11 is 0. The first-order valence-corrected chi connectivity index (χ1v) is 7.09. The summed E-state index contributed by atoms with van der Waals surface area (Å²) in [5, 5.41) is 5.66. The predicted molar refractivity (Wildman–Crippen MR) is 75.4 cm³/mol. The number of hydrogen-bond acceptors (Lipinski definition) is 3. The minimum absolute atomic E-state index is 0.0157. The zero-order valence-corrected chi connectivity index (χ0v) is 12.3. The molecule has 2 amide bonds. The smallest absolute Gasteiger partial charge is 0.224 e. The Morgan fingerprint density at radius 2 is 1.79 bits per heavy atom. The van der Waals surface area contributed by atoms with Crippen LogP contribution in [0.4, 0.5) is 0 Å². The lowest BCUT2D eigenvalue weighted by Gasteiger charge is -2.24. The topological polar surface area (TPSA) is 84.2 Å². The van der Waals surface area contributed by atoms with Gasteiger partial charge in [0, 0.05) is 25.6 Å². The van der Waals surface area contributed by atoms with Gasteiger partial charge in [0.15, 0.2) is 0 Å². The first-order valence-electron chi connectivity index (χ1n) is 7.09. The Morgan fingerprint density at radius 3 is 2.26 bits per heavy atom. The van der Waals surface area contributed by atoms with Gasteiger partial charge in [-0.15, -0.1) is 0 Å². The molecule has 110 valence electrons. The molecule has 0 heterocycles. The van der Waals surface area contributed by atoms with Crippen LogP contribution in [0.25, 0.3) is 0 Å². The van der Waals surface area contributed by atoms with E-state index in [2.05, 4.69) is 31.4 Å². The molecule has 1 atom stereocenters. The van der Waals surface area contributed by atoms with E-state index in [1.165, 1.54) is 0 Å². The van der Waals surface area contributed by atoms with Gasteiger partial charge in [-0.3, -0.25) is 9.59 Å². The lowest BCUT2D eigenvalue weighted by atomic mass is 9.84. The van der Waals surface area contributed by atoms with Crippen molar-refractivity contribution < 1.29 is 9.59 Å². The molecule has 1 fully saturated rings. The van der Waals surface area contributed by atoms with Crippen molar-refractivity contribution in [1.29, 1.82) is 0 Å². The van der Waals surface area contributed by atoms with Gasteiger partial charge in [0.25, 0.3) is 0 Å². The van der Waals surface area contributed by atoms with Crippen LogP contribution in [-0.4, -0.2) is 31.4 Å². The van der Waals surface area contributed by atoms with Crippen molar-refractivity contribution in [2.75, 3.05) is 19.6 Å². The molecular weight excluding hydrogens is 242 g/mol. The average molecular weight is 269 g/mol. The molecule has 0 aromatic carbocycles. The van der Waals surface area contributed by atoms with Gasteiger partial charge in [-0.1, -0.05) is 20.8 Å². The van der Waals surface area contributed by atoms with E-state index >= 15 is 0 Å². The monoisotopic (exact) mass is 269 g/mol. The summed E-state index contributed by atoms with van der Waals surface area (Å²) in [4.78, 5) is 23.3. The Kier molecular flexibility index (Phi) is 5.79. The van der Waals surface area contributed by atoms with Crippen LogP contribution >= 0.6 is 0 Å². The maximum Gasteiger partial charge on any atom is 0.224 e. The lowest BCUT2D eigenvalue weighted by molar-refractivity contribution is -0.126. The molecule has 0 saturated heterocycles. The minimum atomic E-state index is -0.154. The van der Waals surface area contributed by atoms with Crippen LogP contribution in [0, 0.1) is 17.3 Å². The molecule has 4 N–H and O–H groups in total. The maximum absolute atomic E-state index is 11.9. The third-order valence-corrected chi connectivity index (χ3v) is 3.19. The number of carbonyl (C=O) groups is 2. The summed E-state index contributed by atoms with van der Waals surface area (Å²) in [6, 6.07) is 0. The number of nitrogens with two attached hydrogens (primary N) is 1. The van der Waals surface area contributed by atoms with Gasteiger partial charge in [-0.2, -0.15) is 0 Å². The molecule has 0 spiro atoms. The van der Waals surface area contributed by atoms with Crippen molar-refractivity contribution in [2.24, 2.45) is 23.0 Å². The van der Waals surface area contributed by atoms with E-state index in [4.69, 9.17) is 5.73 Å². The third kappa shape index (κ3) is 6.57. The molecule has 0 bridgehead atoms. The fraction of sp³-hybridized carbons (Fsp3) is 0.857. The third-order valence-electron chi connectivity index (χ3n) is 3.19. The summed E-state index contributed by atoms with van der Waals surface area (Å²) in [6.07, 6.45) is 2.77. The van der Waals surface area contributed by atoms with Crippen LogP contribution in [0.3, 0.4) is 0 Å². The first kappa shape index (κ1) is 16.0. The molecule has 0 radical (unpaired) electrons. The number of nitrogens with one attached hydrogen (secondary N) is 2. The van der Waals surface area contributed by atoms with Gasteiger partial charge >= 0.3 is 0 Å². The summed E-state index contributed by atoms with van der Waals surface area (Å²) in [7, 11) is 0. The van der Waals surface area contributed by atoms with Crippen molar-refractivity contribution in [3.8, 4) is 0 Å². The molecule has 1 saturated carbocycles. The van der Waals surface area contributed by atoms with E-state index in [0.717, 1.165) is 19.3 Å². The highest BCUT2D eigenvalue weighted by Crippen LogP contribution is 2.28. The molecule has 1 unspecified atom stereocenters. The molecule has 1 rings (SSSR count). The van der Waals surface area contributed by atoms with Crippen LogP contribution in [-0.2, 0) is 9.59 Å². The quantitative estimate of drug-likeness (QED) is 0.593. The van der Waals surface area contributed by atoms with E-state index in [9.17, 15) is 9.59 Å². The zero-order valence-electron chi connectivity index (χ0n) is 12.3. The fourth-order valence-electron chi connectivity index (χ4n) is 2.03. The number of amides is 2. The highest BCUT2D eigenvalue weighted by Gasteiger charge is 2.29. The fourth-order valence-corrected chi connectivity index (χ4v) is 2.03. The molecular formula is C14H27N3O2. The summed E-state index contributed by atoms with van der Waals surface area (Å²) in [5.74, 6) is 0.157. The predicted octanol–water partition coefficient (Wildman–Crippen LogP) is 0.640. The van der Waals surface area contributed by atoms with Gasteiger partial charge in [0.2, 0.25) is 11.8 Å². The second kappa shape index (κ2) is 6.89. The largest absolute Gasteiger partial charge is 0.354 e. The normalized spacial score (nSPS) is 16.8. The second-order valence-electron chi connectivity index (χ2n) is 6.55. The summed E-state index contributed by atoms with van der Waals surface area (Å²) in [6.45, 7) is 7.61. The molecule has 0 aliphatic heterocycles. The number of carbonyl (C=O) groups excluding carboxylic acids is 2. The Morgan fingerprint density at radius 1 is 1.21 bits per heavy atom. The second-order valence-corrected chi connectivity index (χ2v) is 6.55. The average Bonchev–Trinajstić information content (AvgIpc) is 3.13. The van der Waals surface area contributed by atoms with Crippen molar-refractivity contribution in [3.63, 3.8) is 0 Å². The van der Waals surface area contributed by atoms with Crippen molar-refractivity contribution in [1.82, 2.24) is 10.6 Å². The SMILES string of the molecule is CC(C)(C)CC(CN)C(=O)NCCNC(=O)C1CC1. The van der Waals surface area contributed by atoms with E-state index in [1.54, 1.807) is 0 Å². The van der Waals surface area contributed by atoms with Crippen LogP contribution in [0.15, 0.2) is 0 Å². The van der Waals surface area contributed by atoms with Gasteiger partial charge in [0.1, 0.15) is 0 Å². The van der Waals surface area contributed by atoms with Crippen LogP contribution in [0.2, 0.25) is 0 Å². The van der Waals surface area contributed by atoms with Crippen molar-refractivity contribution in [2.45, 2.75) is 40.0 Å². The lowest BCUT2D eigenvalue weighted by Crippen LogP contribution is -2.41. The van der Waals surface area contributed by atoms with E-state index < -0.39 is 0 Å². The molecule has 1 aliphatic rings. The summed E-state index contributed by atoms with van der Waals surface area (Å²) < 4.78 is 0. The Hall–Kier alpha value is -1.10. The van der Waals surface area contributed by atoms with Gasteiger partial charge in [-0.05, 0) is 24.7 Å². The minimum Gasteiger partial charge on any atom is -0.354 e. The number of hydrogen-bond donors (Lipinski definition) is 3. The van der Waals surface area contributed by atoms with Crippen LogP contribution in [0.1, 0.15) is 40.0 Å². The van der Waals surface area contributed by atoms with E-state index in [-0.39, 0.29) is 29.1 Å². The number of rotatable bonds is 7. The standard InChI is InChI=1S/C14H27N3O2/c1-14(2,3)8-11(9-15)13(19)17-7-6-16-12(18)10-4-5-10/h10-11H,4-9,15H2,1-3H3,(H,16,18)(H,17,19). The highest BCUT2D eigenvalue weighted by atomic mass is 16.2. The molecule has 0 aromatic heterocycles. The Bertz CT molecular complexity index is 319.